The number of nitrogens with zero attached hydrogens (tertiary/aromatic N) is 1. The zero-order valence-electron chi connectivity index (χ0n) is 15.9. The van der Waals surface area contributed by atoms with Gasteiger partial charge >= 0.3 is 0 Å². The topological polar surface area (TPSA) is 33.6 Å². The second-order valence-corrected chi connectivity index (χ2v) is 6.11. The van der Waals surface area contributed by atoms with Crippen LogP contribution in [0.3, 0.4) is 0 Å². The van der Waals surface area contributed by atoms with Gasteiger partial charge in [-0.25, -0.2) is 4.99 Å². The van der Waals surface area contributed by atoms with Gasteiger partial charge < -0.3 is 10.1 Å². The molecule has 0 saturated heterocycles. The summed E-state index contributed by atoms with van der Waals surface area (Å²) < 4.78 is 5.67. The summed E-state index contributed by atoms with van der Waals surface area (Å²) in [7, 11) is 0. The van der Waals surface area contributed by atoms with Crippen molar-refractivity contribution in [1.82, 2.24) is 5.32 Å². The second-order valence-electron chi connectivity index (χ2n) is 6.11. The highest BCUT2D eigenvalue weighted by molar-refractivity contribution is 5.58. The Morgan fingerprint density at radius 2 is 1.48 bits per heavy atom. The molecule has 136 valence electrons. The Hall–Kier alpha value is -0.830. The Kier molecular flexibility index (Phi) is 18.5. The molecule has 0 spiro atoms. The van der Waals surface area contributed by atoms with Crippen LogP contribution in [0.5, 0.6) is 0 Å². The molecule has 0 aromatic rings. The van der Waals surface area contributed by atoms with Gasteiger partial charge in [-0.3, -0.25) is 0 Å². The van der Waals surface area contributed by atoms with Gasteiger partial charge in [-0.1, -0.05) is 58.8 Å². The van der Waals surface area contributed by atoms with Gasteiger partial charge in [-0.05, 0) is 38.7 Å². The maximum atomic E-state index is 5.67. The van der Waals surface area contributed by atoms with Gasteiger partial charge in [0.1, 0.15) is 5.82 Å². The zero-order valence-corrected chi connectivity index (χ0v) is 15.9. The first-order valence-electron chi connectivity index (χ1n) is 9.85. The summed E-state index contributed by atoms with van der Waals surface area (Å²) in [5.41, 5.74) is 0. The van der Waals surface area contributed by atoms with Crippen LogP contribution in [0.25, 0.3) is 0 Å². The summed E-state index contributed by atoms with van der Waals surface area (Å²) in [5, 5.41) is 3.39. The molecule has 0 fully saturated rings. The fraction of sp³-hybridized carbons (Fsp3) is 0.850. The molecular formula is C20H40N2O. The average molecular weight is 325 g/mol. The second kappa shape index (κ2) is 19.2. The molecule has 0 aliphatic heterocycles. The van der Waals surface area contributed by atoms with Gasteiger partial charge in [0.15, 0.2) is 0 Å². The quantitative estimate of drug-likeness (QED) is 0.269. The van der Waals surface area contributed by atoms with Gasteiger partial charge in [-0.2, -0.15) is 0 Å². The number of aliphatic imine (C=N–C) groups is 1. The number of unbranched alkanes of at least 4 members (excludes halogenated alkanes) is 8. The minimum Gasteiger partial charge on any atom is -0.381 e. The lowest BCUT2D eigenvalue weighted by Gasteiger charge is -2.06. The van der Waals surface area contributed by atoms with Crippen molar-refractivity contribution in [3.8, 4) is 0 Å². The van der Waals surface area contributed by atoms with Gasteiger partial charge in [-0.15, -0.1) is 0 Å². The minimum atomic E-state index is 0.952. The SMILES string of the molecule is C/C=C(\N=CCC)NCCCCCCCCOCCCCCC. The summed E-state index contributed by atoms with van der Waals surface area (Å²) in [6, 6.07) is 0. The van der Waals surface area contributed by atoms with Crippen molar-refractivity contribution in [2.45, 2.75) is 91.4 Å². The molecular weight excluding hydrogens is 284 g/mol. The summed E-state index contributed by atoms with van der Waals surface area (Å²) in [6.45, 7) is 9.32. The van der Waals surface area contributed by atoms with E-state index in [2.05, 4.69) is 24.2 Å². The third-order valence-electron chi connectivity index (χ3n) is 3.85. The van der Waals surface area contributed by atoms with Crippen LogP contribution >= 0.6 is 0 Å². The highest BCUT2D eigenvalue weighted by Gasteiger charge is 1.94. The number of nitrogens with one attached hydrogen (secondary N) is 1. The molecule has 0 aliphatic rings. The van der Waals surface area contributed by atoms with Crippen LogP contribution in [-0.2, 0) is 4.74 Å². The van der Waals surface area contributed by atoms with Crippen molar-refractivity contribution < 1.29 is 4.74 Å². The number of hydrogen-bond donors (Lipinski definition) is 1. The fourth-order valence-corrected chi connectivity index (χ4v) is 2.40. The normalized spacial score (nSPS) is 12.2. The van der Waals surface area contributed by atoms with Gasteiger partial charge in [0.2, 0.25) is 0 Å². The average Bonchev–Trinajstić information content (AvgIpc) is 2.57. The van der Waals surface area contributed by atoms with E-state index in [1.54, 1.807) is 0 Å². The van der Waals surface area contributed by atoms with Crippen molar-refractivity contribution in [3.63, 3.8) is 0 Å². The van der Waals surface area contributed by atoms with Gasteiger partial charge in [0.05, 0.1) is 0 Å². The fourth-order valence-electron chi connectivity index (χ4n) is 2.40. The molecule has 0 saturated carbocycles. The Morgan fingerprint density at radius 3 is 2.09 bits per heavy atom. The maximum absolute atomic E-state index is 5.67. The molecule has 0 aliphatic carbocycles. The standard InChI is InChI=1S/C20H40N2O/c1-4-7-8-14-18-23-19-15-12-10-9-11-13-17-22-20(6-3)21-16-5-2/h6,16,22H,4-5,7-15,17-19H2,1-3H3/b20-6+,21-16?. The Bertz CT molecular complexity index is 287. The molecule has 0 radical (unpaired) electrons. The van der Waals surface area contributed by atoms with E-state index in [1.807, 2.05) is 19.2 Å². The number of ether oxygens (including phenoxy) is 1. The van der Waals surface area contributed by atoms with Gasteiger partial charge in [0.25, 0.3) is 0 Å². The van der Waals surface area contributed by atoms with E-state index in [-0.39, 0.29) is 0 Å². The molecule has 0 unspecified atom stereocenters. The van der Waals surface area contributed by atoms with Crippen LogP contribution in [0.15, 0.2) is 16.9 Å². The van der Waals surface area contributed by atoms with Crippen LogP contribution in [0.1, 0.15) is 91.4 Å². The van der Waals surface area contributed by atoms with E-state index in [4.69, 9.17) is 4.74 Å². The molecule has 3 nitrogen and oxygen atoms in total. The highest BCUT2D eigenvalue weighted by atomic mass is 16.5. The minimum absolute atomic E-state index is 0.952. The molecule has 0 heterocycles. The van der Waals surface area contributed by atoms with E-state index < -0.39 is 0 Å². The molecule has 1 N–H and O–H groups in total. The lowest BCUT2D eigenvalue weighted by atomic mass is 10.1. The first-order chi connectivity index (χ1) is 11.3. The van der Waals surface area contributed by atoms with Crippen molar-refractivity contribution >= 4 is 6.21 Å². The summed E-state index contributed by atoms with van der Waals surface area (Å²) in [4.78, 5) is 4.37. The first-order valence-corrected chi connectivity index (χ1v) is 9.85. The summed E-state index contributed by atoms with van der Waals surface area (Å²) in [6.07, 6.45) is 17.9. The number of rotatable bonds is 17. The third-order valence-corrected chi connectivity index (χ3v) is 3.85. The van der Waals surface area contributed by atoms with E-state index in [0.717, 1.165) is 32.0 Å². The van der Waals surface area contributed by atoms with Crippen molar-refractivity contribution in [2.24, 2.45) is 4.99 Å². The van der Waals surface area contributed by atoms with Crippen LogP contribution in [0.2, 0.25) is 0 Å². The van der Waals surface area contributed by atoms with Crippen LogP contribution < -0.4 is 5.32 Å². The van der Waals surface area contributed by atoms with E-state index in [1.165, 1.54) is 64.2 Å². The first kappa shape index (κ1) is 22.2. The molecule has 0 amide bonds. The Labute approximate surface area is 145 Å². The van der Waals surface area contributed by atoms with E-state index >= 15 is 0 Å². The number of allylic oxidation sites excluding steroid dienone is 1. The monoisotopic (exact) mass is 324 g/mol. The zero-order chi connectivity index (χ0) is 17.0. The maximum Gasteiger partial charge on any atom is 0.121 e. The predicted octanol–water partition coefficient (Wildman–Crippen LogP) is 5.86. The summed E-state index contributed by atoms with van der Waals surface area (Å²) >= 11 is 0. The molecule has 0 aromatic heterocycles. The van der Waals surface area contributed by atoms with Crippen LogP contribution in [-0.4, -0.2) is 26.0 Å². The smallest absolute Gasteiger partial charge is 0.121 e. The highest BCUT2D eigenvalue weighted by Crippen LogP contribution is 2.06. The Balaban J connectivity index is 3.20. The van der Waals surface area contributed by atoms with Crippen molar-refractivity contribution in [3.05, 3.63) is 11.9 Å². The van der Waals surface area contributed by atoms with Crippen molar-refractivity contribution in [2.75, 3.05) is 19.8 Å². The molecule has 0 rings (SSSR count). The molecule has 0 atom stereocenters. The predicted molar refractivity (Wildman–Crippen MR) is 103 cm³/mol. The largest absolute Gasteiger partial charge is 0.381 e. The molecule has 3 heteroatoms. The van der Waals surface area contributed by atoms with Gasteiger partial charge in [0, 0.05) is 26.0 Å². The van der Waals surface area contributed by atoms with Crippen LogP contribution in [0, 0.1) is 0 Å². The lowest BCUT2D eigenvalue weighted by Crippen LogP contribution is -2.13. The molecule has 23 heavy (non-hydrogen) atoms. The van der Waals surface area contributed by atoms with Crippen LogP contribution in [0.4, 0.5) is 0 Å². The third kappa shape index (κ3) is 17.4. The van der Waals surface area contributed by atoms with Crippen molar-refractivity contribution in [1.29, 1.82) is 0 Å². The summed E-state index contributed by atoms with van der Waals surface area (Å²) in [5.74, 6) is 1.00. The van der Waals surface area contributed by atoms with E-state index in [0.29, 0.717) is 0 Å². The Morgan fingerprint density at radius 1 is 0.870 bits per heavy atom. The van der Waals surface area contributed by atoms with E-state index in [9.17, 15) is 0 Å². The number of hydrogen-bond acceptors (Lipinski definition) is 3. The molecule has 0 aromatic carbocycles. The molecule has 0 bridgehead atoms. The lowest BCUT2D eigenvalue weighted by molar-refractivity contribution is 0.125.